The third kappa shape index (κ3) is 2.28. The molecular formula is C17H14BrFN2O2. The van der Waals surface area contributed by atoms with Crippen LogP contribution in [0.5, 0.6) is 5.75 Å². The third-order valence-corrected chi connectivity index (χ3v) is 4.81. The Hall–Kier alpha value is -2.08. The standard InChI is InChI=1S/C17H14BrFN2O2/c1-17-9-14(13-8-10(18)2-7-15(13)23-17)20-16(22)21(17)12-5-3-11(19)4-6-12/h2-8,14H,9H2,1H3,(H,20,22). The average molecular weight is 377 g/mol. The molecule has 0 radical (unpaired) electrons. The Morgan fingerprint density at radius 3 is 2.78 bits per heavy atom. The highest BCUT2D eigenvalue weighted by Crippen LogP contribution is 2.46. The summed E-state index contributed by atoms with van der Waals surface area (Å²) in [6.07, 6.45) is 0.611. The van der Waals surface area contributed by atoms with Crippen LogP contribution in [0, 0.1) is 5.82 Å². The second kappa shape index (κ2) is 4.96. The van der Waals surface area contributed by atoms with Crippen LogP contribution in [-0.2, 0) is 0 Å². The van der Waals surface area contributed by atoms with Crippen LogP contribution in [0.3, 0.4) is 0 Å². The number of benzene rings is 2. The van der Waals surface area contributed by atoms with Crippen molar-refractivity contribution in [3.63, 3.8) is 0 Å². The largest absolute Gasteiger partial charge is 0.467 e. The van der Waals surface area contributed by atoms with Crippen LogP contribution in [0.4, 0.5) is 14.9 Å². The number of nitrogens with zero attached hydrogens (tertiary/aromatic N) is 1. The minimum atomic E-state index is -0.814. The molecule has 2 heterocycles. The summed E-state index contributed by atoms with van der Waals surface area (Å²) in [6, 6.07) is 11.3. The van der Waals surface area contributed by atoms with E-state index in [9.17, 15) is 9.18 Å². The molecule has 2 atom stereocenters. The van der Waals surface area contributed by atoms with E-state index in [1.807, 2.05) is 25.1 Å². The Balaban J connectivity index is 1.79. The Morgan fingerprint density at radius 1 is 1.30 bits per heavy atom. The number of rotatable bonds is 1. The van der Waals surface area contributed by atoms with E-state index >= 15 is 0 Å². The molecule has 0 saturated carbocycles. The fourth-order valence-corrected chi connectivity index (χ4v) is 3.71. The van der Waals surface area contributed by atoms with Crippen LogP contribution < -0.4 is 15.0 Å². The summed E-state index contributed by atoms with van der Waals surface area (Å²) >= 11 is 3.45. The van der Waals surface area contributed by atoms with E-state index in [0.717, 1.165) is 15.8 Å². The summed E-state index contributed by atoms with van der Waals surface area (Å²) in [6.45, 7) is 1.88. The number of amides is 2. The second-order valence-electron chi connectivity index (χ2n) is 5.98. The number of anilines is 1. The van der Waals surface area contributed by atoms with Gasteiger partial charge in [-0.1, -0.05) is 15.9 Å². The molecule has 2 aliphatic heterocycles. The van der Waals surface area contributed by atoms with Crippen molar-refractivity contribution >= 4 is 27.6 Å². The second-order valence-corrected chi connectivity index (χ2v) is 6.89. The molecule has 0 spiro atoms. The molecule has 2 aliphatic rings. The topological polar surface area (TPSA) is 41.6 Å². The van der Waals surface area contributed by atoms with Gasteiger partial charge in [-0.05, 0) is 49.4 Å². The normalized spacial score (nSPS) is 25.4. The summed E-state index contributed by atoms with van der Waals surface area (Å²) in [5.41, 5.74) is 0.750. The SMILES string of the molecule is CC12CC(NC(=O)N1c1ccc(F)cc1)c1cc(Br)ccc1O2. The Bertz CT molecular complexity index is 796. The van der Waals surface area contributed by atoms with Crippen molar-refractivity contribution in [1.29, 1.82) is 0 Å². The first kappa shape index (κ1) is 14.5. The van der Waals surface area contributed by atoms with Crippen molar-refractivity contribution in [1.82, 2.24) is 5.32 Å². The average Bonchev–Trinajstić information content (AvgIpc) is 2.49. The van der Waals surface area contributed by atoms with Crippen molar-refractivity contribution in [3.8, 4) is 5.75 Å². The van der Waals surface area contributed by atoms with E-state index in [1.54, 1.807) is 17.0 Å². The van der Waals surface area contributed by atoms with Crippen LogP contribution in [0.2, 0.25) is 0 Å². The Morgan fingerprint density at radius 2 is 2.04 bits per heavy atom. The summed E-state index contributed by atoms with van der Waals surface area (Å²) in [4.78, 5) is 14.2. The smallest absolute Gasteiger partial charge is 0.325 e. The van der Waals surface area contributed by atoms with Crippen molar-refractivity contribution in [2.45, 2.75) is 25.1 Å². The van der Waals surface area contributed by atoms with Gasteiger partial charge in [0.1, 0.15) is 11.6 Å². The van der Waals surface area contributed by atoms with Gasteiger partial charge in [-0.3, -0.25) is 4.90 Å². The zero-order valence-corrected chi connectivity index (χ0v) is 13.9. The molecule has 6 heteroatoms. The molecule has 0 aromatic heterocycles. The molecule has 1 N–H and O–H groups in total. The van der Waals surface area contributed by atoms with Gasteiger partial charge in [0.05, 0.1) is 6.04 Å². The molecule has 2 unspecified atom stereocenters. The van der Waals surface area contributed by atoms with Gasteiger partial charge in [-0.25, -0.2) is 9.18 Å². The van der Waals surface area contributed by atoms with Crippen LogP contribution in [0.25, 0.3) is 0 Å². The lowest BCUT2D eigenvalue weighted by Gasteiger charge is -2.50. The number of nitrogens with one attached hydrogen (secondary N) is 1. The quantitative estimate of drug-likeness (QED) is 0.803. The first-order chi connectivity index (χ1) is 11.0. The number of halogens is 2. The number of hydrogen-bond donors (Lipinski definition) is 1. The first-order valence-electron chi connectivity index (χ1n) is 7.31. The highest BCUT2D eigenvalue weighted by atomic mass is 79.9. The van der Waals surface area contributed by atoms with E-state index in [-0.39, 0.29) is 17.9 Å². The van der Waals surface area contributed by atoms with Crippen molar-refractivity contribution in [2.24, 2.45) is 0 Å². The number of fused-ring (bicyclic) bond motifs is 4. The molecule has 4 rings (SSSR count). The molecule has 118 valence electrons. The Kier molecular flexibility index (Phi) is 3.13. The highest BCUT2D eigenvalue weighted by Gasteiger charge is 2.49. The van der Waals surface area contributed by atoms with Crippen LogP contribution in [0.1, 0.15) is 24.9 Å². The predicted octanol–water partition coefficient (Wildman–Crippen LogP) is 4.36. The zero-order chi connectivity index (χ0) is 16.2. The molecule has 2 bridgehead atoms. The lowest BCUT2D eigenvalue weighted by Crippen LogP contribution is -2.65. The molecule has 23 heavy (non-hydrogen) atoms. The third-order valence-electron chi connectivity index (χ3n) is 4.32. The van der Waals surface area contributed by atoms with Gasteiger partial charge in [0, 0.05) is 22.1 Å². The van der Waals surface area contributed by atoms with Gasteiger partial charge >= 0.3 is 6.03 Å². The van der Waals surface area contributed by atoms with Gasteiger partial charge in [-0.2, -0.15) is 0 Å². The van der Waals surface area contributed by atoms with Gasteiger partial charge in [0.2, 0.25) is 0 Å². The maximum atomic E-state index is 13.2. The van der Waals surface area contributed by atoms with Crippen molar-refractivity contribution in [2.75, 3.05) is 4.90 Å². The Labute approximate surface area is 141 Å². The zero-order valence-electron chi connectivity index (χ0n) is 12.3. The molecule has 1 fully saturated rings. The predicted molar refractivity (Wildman–Crippen MR) is 87.9 cm³/mol. The fraction of sp³-hybridized carbons (Fsp3) is 0.235. The lowest BCUT2D eigenvalue weighted by molar-refractivity contribution is 0.0378. The summed E-state index contributed by atoms with van der Waals surface area (Å²) in [5, 5.41) is 3.01. The van der Waals surface area contributed by atoms with E-state index in [0.29, 0.717) is 12.1 Å². The highest BCUT2D eigenvalue weighted by molar-refractivity contribution is 9.10. The lowest BCUT2D eigenvalue weighted by atomic mass is 9.90. The molecule has 2 amide bonds. The van der Waals surface area contributed by atoms with Crippen molar-refractivity contribution in [3.05, 3.63) is 58.3 Å². The minimum absolute atomic E-state index is 0.106. The van der Waals surface area contributed by atoms with Gasteiger partial charge in [-0.15, -0.1) is 0 Å². The number of carbonyl (C=O) groups is 1. The first-order valence-corrected chi connectivity index (χ1v) is 8.10. The monoisotopic (exact) mass is 376 g/mol. The number of carbonyl (C=O) groups excluding carboxylic acids is 1. The molecule has 4 nitrogen and oxygen atoms in total. The number of urea groups is 1. The van der Waals surface area contributed by atoms with E-state index in [4.69, 9.17) is 4.74 Å². The molecule has 1 saturated heterocycles. The summed E-state index contributed by atoms with van der Waals surface area (Å²) < 4.78 is 20.3. The van der Waals surface area contributed by atoms with Gasteiger partial charge in [0.15, 0.2) is 5.72 Å². The molecular weight excluding hydrogens is 363 g/mol. The summed E-state index contributed by atoms with van der Waals surface area (Å²) in [7, 11) is 0. The van der Waals surface area contributed by atoms with Gasteiger partial charge < -0.3 is 10.1 Å². The van der Waals surface area contributed by atoms with Crippen LogP contribution in [0.15, 0.2) is 46.9 Å². The van der Waals surface area contributed by atoms with Crippen LogP contribution >= 0.6 is 15.9 Å². The molecule has 2 aromatic carbocycles. The maximum absolute atomic E-state index is 13.2. The minimum Gasteiger partial charge on any atom is -0.467 e. The van der Waals surface area contributed by atoms with Gasteiger partial charge in [0.25, 0.3) is 0 Å². The van der Waals surface area contributed by atoms with E-state index in [1.165, 1.54) is 12.1 Å². The number of hydrogen-bond acceptors (Lipinski definition) is 2. The van der Waals surface area contributed by atoms with E-state index in [2.05, 4.69) is 21.2 Å². The van der Waals surface area contributed by atoms with Crippen molar-refractivity contribution < 1.29 is 13.9 Å². The van der Waals surface area contributed by atoms with Crippen LogP contribution in [-0.4, -0.2) is 11.8 Å². The molecule has 0 aliphatic carbocycles. The molecule has 2 aromatic rings. The van der Waals surface area contributed by atoms with E-state index < -0.39 is 5.72 Å². The fourth-order valence-electron chi connectivity index (χ4n) is 3.33. The number of ether oxygens (including phenoxy) is 1. The summed E-state index contributed by atoms with van der Waals surface area (Å²) in [5.74, 6) is 0.410. The maximum Gasteiger partial charge on any atom is 0.325 e.